The number of carboxylic acids is 1. The fourth-order valence-corrected chi connectivity index (χ4v) is 1.84. The van der Waals surface area contributed by atoms with Crippen molar-refractivity contribution in [1.82, 2.24) is 5.16 Å². The maximum atomic E-state index is 10.8. The predicted octanol–water partition coefficient (Wildman–Crippen LogP) is 2.93. The summed E-state index contributed by atoms with van der Waals surface area (Å²) in [7, 11) is 0. The fraction of sp³-hybridized carbons (Fsp3) is 0.167. The molecular formula is C12H10ClNO3. The molecule has 1 N–H and O–H groups in total. The third-order valence-electron chi connectivity index (χ3n) is 2.44. The normalized spacial score (nSPS) is 10.5. The zero-order valence-electron chi connectivity index (χ0n) is 9.11. The van der Waals surface area contributed by atoms with Gasteiger partial charge in [0.05, 0.1) is 11.4 Å². The first kappa shape index (κ1) is 11.7. The molecule has 17 heavy (non-hydrogen) atoms. The molecule has 2 aromatic rings. The van der Waals surface area contributed by atoms with Crippen LogP contribution in [0.2, 0.25) is 5.02 Å². The summed E-state index contributed by atoms with van der Waals surface area (Å²) < 4.78 is 5.03. The first-order valence-corrected chi connectivity index (χ1v) is 5.39. The molecule has 1 aromatic heterocycles. The fourth-order valence-electron chi connectivity index (χ4n) is 1.62. The van der Waals surface area contributed by atoms with Crippen LogP contribution in [0.5, 0.6) is 0 Å². The lowest BCUT2D eigenvalue weighted by Crippen LogP contribution is -2.02. The Balaban J connectivity index is 2.53. The predicted molar refractivity (Wildman–Crippen MR) is 63.0 cm³/mol. The van der Waals surface area contributed by atoms with Crippen LogP contribution in [0.3, 0.4) is 0 Å². The van der Waals surface area contributed by atoms with Crippen molar-refractivity contribution >= 4 is 17.6 Å². The van der Waals surface area contributed by atoms with Gasteiger partial charge in [-0.15, -0.1) is 0 Å². The number of hydrogen-bond donors (Lipinski definition) is 1. The van der Waals surface area contributed by atoms with Gasteiger partial charge in [-0.2, -0.15) is 0 Å². The summed E-state index contributed by atoms with van der Waals surface area (Å²) in [5.41, 5.74) is 1.74. The number of aliphatic carboxylic acids is 1. The van der Waals surface area contributed by atoms with E-state index in [9.17, 15) is 4.79 Å². The van der Waals surface area contributed by atoms with Crippen LogP contribution >= 0.6 is 11.6 Å². The number of hydrogen-bond acceptors (Lipinski definition) is 3. The Morgan fingerprint density at radius 2 is 2.18 bits per heavy atom. The smallest absolute Gasteiger partial charge is 0.308 e. The minimum absolute atomic E-state index is 0.129. The molecule has 0 aliphatic heterocycles. The van der Waals surface area contributed by atoms with Crippen molar-refractivity contribution in [3.8, 4) is 11.3 Å². The van der Waals surface area contributed by atoms with Gasteiger partial charge in [0.15, 0.2) is 0 Å². The molecule has 1 heterocycles. The van der Waals surface area contributed by atoms with Crippen LogP contribution in [0.1, 0.15) is 11.3 Å². The van der Waals surface area contributed by atoms with Gasteiger partial charge < -0.3 is 9.63 Å². The minimum Gasteiger partial charge on any atom is -0.481 e. The van der Waals surface area contributed by atoms with Crippen LogP contribution < -0.4 is 0 Å². The van der Waals surface area contributed by atoms with E-state index in [1.165, 1.54) is 0 Å². The number of aryl methyl sites for hydroxylation is 1. The Hall–Kier alpha value is -1.81. The van der Waals surface area contributed by atoms with Crippen LogP contribution in [0, 0.1) is 6.92 Å². The van der Waals surface area contributed by atoms with E-state index in [0.717, 1.165) is 0 Å². The number of nitrogens with zero attached hydrogens (tertiary/aromatic N) is 1. The van der Waals surface area contributed by atoms with Gasteiger partial charge >= 0.3 is 5.97 Å². The van der Waals surface area contributed by atoms with Crippen LogP contribution in [0.15, 0.2) is 28.8 Å². The highest BCUT2D eigenvalue weighted by molar-refractivity contribution is 6.33. The molecule has 0 fully saturated rings. The van der Waals surface area contributed by atoms with Gasteiger partial charge in [0.25, 0.3) is 0 Å². The van der Waals surface area contributed by atoms with Crippen molar-refractivity contribution in [3.63, 3.8) is 0 Å². The van der Waals surface area contributed by atoms with Crippen molar-refractivity contribution in [2.24, 2.45) is 0 Å². The molecule has 0 aliphatic carbocycles. The van der Waals surface area contributed by atoms with E-state index < -0.39 is 5.97 Å². The second-order valence-electron chi connectivity index (χ2n) is 3.62. The Labute approximate surface area is 103 Å². The topological polar surface area (TPSA) is 63.3 Å². The average molecular weight is 252 g/mol. The Morgan fingerprint density at radius 1 is 1.47 bits per heavy atom. The van der Waals surface area contributed by atoms with E-state index in [-0.39, 0.29) is 6.42 Å². The lowest BCUT2D eigenvalue weighted by Gasteiger charge is -2.02. The second-order valence-corrected chi connectivity index (χ2v) is 4.02. The van der Waals surface area contributed by atoms with Crippen LogP contribution in [0.25, 0.3) is 11.3 Å². The van der Waals surface area contributed by atoms with Crippen LogP contribution in [-0.2, 0) is 11.2 Å². The van der Waals surface area contributed by atoms with E-state index >= 15 is 0 Å². The average Bonchev–Trinajstić information content (AvgIpc) is 2.61. The van der Waals surface area contributed by atoms with Crippen LogP contribution in [-0.4, -0.2) is 16.2 Å². The summed E-state index contributed by atoms with van der Waals surface area (Å²) in [5, 5.41) is 13.2. The molecule has 0 spiro atoms. The summed E-state index contributed by atoms with van der Waals surface area (Å²) in [6.07, 6.45) is -0.129. The maximum absolute atomic E-state index is 10.8. The number of halogens is 1. The monoisotopic (exact) mass is 251 g/mol. The van der Waals surface area contributed by atoms with Gasteiger partial charge in [-0.1, -0.05) is 35.0 Å². The molecule has 0 saturated carbocycles. The van der Waals surface area contributed by atoms with Crippen molar-refractivity contribution in [2.75, 3.05) is 0 Å². The number of carbonyl (C=O) groups is 1. The maximum Gasteiger partial charge on any atom is 0.308 e. The highest BCUT2D eigenvalue weighted by Gasteiger charge is 2.18. The quantitative estimate of drug-likeness (QED) is 0.911. The molecular weight excluding hydrogens is 242 g/mol. The molecule has 5 heteroatoms. The largest absolute Gasteiger partial charge is 0.481 e. The Morgan fingerprint density at radius 3 is 2.82 bits per heavy atom. The molecule has 0 bridgehead atoms. The molecule has 4 nitrogen and oxygen atoms in total. The zero-order valence-corrected chi connectivity index (χ0v) is 9.86. The summed E-state index contributed by atoms with van der Waals surface area (Å²) in [6, 6.07) is 7.13. The molecule has 1 aromatic carbocycles. The van der Waals surface area contributed by atoms with E-state index in [2.05, 4.69) is 5.16 Å². The van der Waals surface area contributed by atoms with Gasteiger partial charge in [0.2, 0.25) is 0 Å². The van der Waals surface area contributed by atoms with E-state index in [1.807, 2.05) is 6.07 Å². The van der Waals surface area contributed by atoms with Crippen LogP contribution in [0.4, 0.5) is 0 Å². The molecule has 0 radical (unpaired) electrons. The van der Waals surface area contributed by atoms with Crippen molar-refractivity contribution < 1.29 is 14.4 Å². The van der Waals surface area contributed by atoms with Gasteiger partial charge in [0, 0.05) is 11.1 Å². The summed E-state index contributed by atoms with van der Waals surface area (Å²) >= 11 is 6.05. The standard InChI is InChI=1S/C12H10ClNO3/c1-7-9(6-11(15)16)12(14-17-7)8-4-2-3-5-10(8)13/h2-5H,6H2,1H3,(H,15,16). The molecule has 0 amide bonds. The highest BCUT2D eigenvalue weighted by atomic mass is 35.5. The Kier molecular flexibility index (Phi) is 3.15. The SMILES string of the molecule is Cc1onc(-c2ccccc2Cl)c1CC(=O)O. The third-order valence-corrected chi connectivity index (χ3v) is 2.77. The molecule has 0 saturated heterocycles. The summed E-state index contributed by atoms with van der Waals surface area (Å²) in [5.74, 6) is -0.424. The van der Waals surface area contributed by atoms with Crippen molar-refractivity contribution in [2.45, 2.75) is 13.3 Å². The molecule has 0 atom stereocenters. The summed E-state index contributed by atoms with van der Waals surface area (Å²) in [6.45, 7) is 1.69. The number of aromatic nitrogens is 1. The highest BCUT2D eigenvalue weighted by Crippen LogP contribution is 2.31. The third kappa shape index (κ3) is 2.31. The van der Waals surface area contributed by atoms with E-state index in [0.29, 0.717) is 27.6 Å². The Bertz CT molecular complexity index is 563. The summed E-state index contributed by atoms with van der Waals surface area (Å²) in [4.78, 5) is 10.8. The second kappa shape index (κ2) is 4.59. The first-order chi connectivity index (χ1) is 8.09. The number of carboxylic acid groups (broad SMARTS) is 1. The van der Waals surface area contributed by atoms with Crippen molar-refractivity contribution in [3.05, 3.63) is 40.6 Å². The van der Waals surface area contributed by atoms with Gasteiger partial charge in [0.1, 0.15) is 11.5 Å². The van der Waals surface area contributed by atoms with Gasteiger partial charge in [-0.3, -0.25) is 4.79 Å². The molecule has 0 unspecified atom stereocenters. The molecule has 2 rings (SSSR count). The number of rotatable bonds is 3. The van der Waals surface area contributed by atoms with Gasteiger partial charge in [-0.25, -0.2) is 0 Å². The van der Waals surface area contributed by atoms with Gasteiger partial charge in [-0.05, 0) is 13.0 Å². The molecule has 88 valence electrons. The number of benzene rings is 1. The van der Waals surface area contributed by atoms with E-state index in [4.69, 9.17) is 21.2 Å². The lowest BCUT2D eigenvalue weighted by atomic mass is 10.0. The first-order valence-electron chi connectivity index (χ1n) is 5.01. The van der Waals surface area contributed by atoms with Crippen molar-refractivity contribution in [1.29, 1.82) is 0 Å². The lowest BCUT2D eigenvalue weighted by molar-refractivity contribution is -0.136. The molecule has 0 aliphatic rings. The minimum atomic E-state index is -0.926. The zero-order chi connectivity index (χ0) is 12.4. The van der Waals surface area contributed by atoms with E-state index in [1.54, 1.807) is 25.1 Å².